The van der Waals surface area contributed by atoms with Gasteiger partial charge in [-0.15, -0.1) is 0 Å². The first-order chi connectivity index (χ1) is 11.7. The third kappa shape index (κ3) is 3.46. The van der Waals surface area contributed by atoms with Gasteiger partial charge in [0.1, 0.15) is 5.52 Å². The van der Waals surface area contributed by atoms with E-state index in [1.807, 2.05) is 35.0 Å². The summed E-state index contributed by atoms with van der Waals surface area (Å²) in [6.45, 7) is 2.74. The van der Waals surface area contributed by atoms with Crippen molar-refractivity contribution in [3.63, 3.8) is 0 Å². The van der Waals surface area contributed by atoms with E-state index in [2.05, 4.69) is 27.2 Å². The Balaban J connectivity index is 1.99. The van der Waals surface area contributed by atoms with Crippen LogP contribution in [0.1, 0.15) is 25.5 Å². The van der Waals surface area contributed by atoms with Gasteiger partial charge in [0, 0.05) is 12.4 Å². The molecule has 0 aliphatic heterocycles. The van der Waals surface area contributed by atoms with E-state index in [4.69, 9.17) is 5.73 Å². The fourth-order valence-corrected chi connectivity index (χ4v) is 2.77. The number of nitrogens with two attached hydrogens (primary N) is 1. The molecule has 24 heavy (non-hydrogen) atoms. The van der Waals surface area contributed by atoms with Gasteiger partial charge in [-0.05, 0) is 24.6 Å². The molecule has 0 unspecified atom stereocenters. The van der Waals surface area contributed by atoms with Gasteiger partial charge >= 0.3 is 0 Å². The number of fused-ring (bicyclic) bond motifs is 1. The Kier molecular flexibility index (Phi) is 4.90. The summed E-state index contributed by atoms with van der Waals surface area (Å²) in [5, 5.41) is 12.9. The van der Waals surface area contributed by atoms with Gasteiger partial charge in [0.15, 0.2) is 5.82 Å². The Hall–Kier alpha value is -2.67. The number of aliphatic hydroxyl groups is 1. The second-order valence-electron chi connectivity index (χ2n) is 5.74. The van der Waals surface area contributed by atoms with Crippen molar-refractivity contribution < 1.29 is 5.11 Å². The van der Waals surface area contributed by atoms with Gasteiger partial charge in [-0.25, -0.2) is 4.98 Å². The van der Waals surface area contributed by atoms with Crippen LogP contribution < -0.4 is 11.1 Å². The zero-order valence-corrected chi connectivity index (χ0v) is 13.7. The summed E-state index contributed by atoms with van der Waals surface area (Å²) in [4.78, 5) is 13.0. The second-order valence-corrected chi connectivity index (χ2v) is 5.74. The molecule has 0 fully saturated rings. The summed E-state index contributed by atoms with van der Waals surface area (Å²) in [5.41, 5.74) is 8.42. The highest BCUT2D eigenvalue weighted by atomic mass is 16.3. The van der Waals surface area contributed by atoms with Crippen LogP contribution in [0.2, 0.25) is 0 Å². The molecule has 0 aromatic carbocycles. The van der Waals surface area contributed by atoms with E-state index in [9.17, 15) is 5.11 Å². The monoisotopic (exact) mass is 326 g/mol. The first kappa shape index (κ1) is 16.2. The number of nitrogens with zero attached hydrogens (tertiary/aromatic N) is 4. The summed E-state index contributed by atoms with van der Waals surface area (Å²) in [7, 11) is 0. The predicted octanol–water partition coefficient (Wildman–Crippen LogP) is 2.03. The Bertz CT molecular complexity index is 801. The van der Waals surface area contributed by atoms with Crippen LogP contribution in [-0.2, 0) is 6.54 Å². The van der Waals surface area contributed by atoms with Gasteiger partial charge in [0.05, 0.1) is 30.4 Å². The van der Waals surface area contributed by atoms with Crippen LogP contribution in [0.15, 0.2) is 36.7 Å². The third-order valence-corrected chi connectivity index (χ3v) is 3.88. The molecule has 4 N–H and O–H groups in total. The van der Waals surface area contributed by atoms with Crippen LogP contribution in [0.3, 0.4) is 0 Å². The second kappa shape index (κ2) is 7.27. The van der Waals surface area contributed by atoms with Crippen molar-refractivity contribution in [3.05, 3.63) is 42.4 Å². The van der Waals surface area contributed by atoms with E-state index in [1.165, 1.54) is 0 Å². The van der Waals surface area contributed by atoms with Crippen molar-refractivity contribution in [2.24, 2.45) is 0 Å². The Labute approximate surface area is 140 Å². The smallest absolute Gasteiger partial charge is 0.222 e. The average molecular weight is 326 g/mol. The summed E-state index contributed by atoms with van der Waals surface area (Å²) < 4.78 is 2.04. The molecule has 3 aromatic heterocycles. The van der Waals surface area contributed by atoms with E-state index in [0.717, 1.165) is 29.6 Å². The maximum absolute atomic E-state index is 9.56. The summed E-state index contributed by atoms with van der Waals surface area (Å²) in [5.74, 6) is 0.861. The minimum atomic E-state index is -0.0642. The van der Waals surface area contributed by atoms with Crippen molar-refractivity contribution in [2.45, 2.75) is 32.4 Å². The zero-order chi connectivity index (χ0) is 16.9. The Morgan fingerprint density at radius 2 is 2.17 bits per heavy atom. The maximum Gasteiger partial charge on any atom is 0.222 e. The molecule has 0 spiro atoms. The van der Waals surface area contributed by atoms with E-state index < -0.39 is 0 Å². The van der Waals surface area contributed by atoms with Crippen LogP contribution in [-0.4, -0.2) is 37.3 Å². The molecule has 0 saturated heterocycles. The Morgan fingerprint density at radius 3 is 2.88 bits per heavy atom. The summed E-state index contributed by atoms with van der Waals surface area (Å²) in [6, 6.07) is 7.68. The molecule has 0 amide bonds. The first-order valence-electron chi connectivity index (χ1n) is 8.11. The number of nitrogen functional groups attached to an aromatic ring is 1. The molecule has 7 heteroatoms. The molecule has 1 atom stereocenters. The minimum absolute atomic E-state index is 0.0419. The van der Waals surface area contributed by atoms with Crippen molar-refractivity contribution in [1.82, 2.24) is 19.5 Å². The standard InChI is InChI=1S/C17H22N6O/c1-2-5-13(11-24)20-16-15-14(21-17(18)22-16)7-9-23(15)10-12-6-3-4-8-19-12/h3-4,6-9,13,24H,2,5,10-11H2,1H3,(H3,18,20,21,22)/t13-/m0/s1. The fraction of sp³-hybridized carbons (Fsp3) is 0.353. The molecule has 0 radical (unpaired) electrons. The number of aliphatic hydroxyl groups excluding tert-OH is 1. The minimum Gasteiger partial charge on any atom is -0.394 e. The van der Waals surface area contributed by atoms with E-state index >= 15 is 0 Å². The topological polar surface area (TPSA) is 102 Å². The van der Waals surface area contributed by atoms with Crippen LogP contribution in [0.4, 0.5) is 11.8 Å². The van der Waals surface area contributed by atoms with Crippen LogP contribution in [0.5, 0.6) is 0 Å². The number of aromatic nitrogens is 4. The average Bonchev–Trinajstić information content (AvgIpc) is 2.98. The summed E-state index contributed by atoms with van der Waals surface area (Å²) >= 11 is 0. The van der Waals surface area contributed by atoms with Gasteiger partial charge in [0.25, 0.3) is 0 Å². The van der Waals surface area contributed by atoms with E-state index in [-0.39, 0.29) is 18.6 Å². The van der Waals surface area contributed by atoms with Crippen molar-refractivity contribution in [3.8, 4) is 0 Å². The number of rotatable bonds is 7. The molecule has 0 saturated carbocycles. The van der Waals surface area contributed by atoms with Gasteiger partial charge < -0.3 is 20.7 Å². The number of anilines is 2. The lowest BCUT2D eigenvalue weighted by Gasteiger charge is -2.18. The summed E-state index contributed by atoms with van der Waals surface area (Å²) in [6.07, 6.45) is 5.55. The highest BCUT2D eigenvalue weighted by Gasteiger charge is 2.15. The normalized spacial score (nSPS) is 12.4. The van der Waals surface area contributed by atoms with Gasteiger partial charge in [-0.1, -0.05) is 19.4 Å². The largest absolute Gasteiger partial charge is 0.394 e. The molecular weight excluding hydrogens is 304 g/mol. The van der Waals surface area contributed by atoms with E-state index in [1.54, 1.807) is 6.20 Å². The third-order valence-electron chi connectivity index (χ3n) is 3.88. The van der Waals surface area contributed by atoms with Gasteiger partial charge in [0.2, 0.25) is 5.95 Å². The molecule has 3 rings (SSSR count). The molecule has 7 nitrogen and oxygen atoms in total. The lowest BCUT2D eigenvalue weighted by atomic mass is 10.2. The van der Waals surface area contributed by atoms with Crippen LogP contribution in [0, 0.1) is 0 Å². The first-order valence-corrected chi connectivity index (χ1v) is 8.11. The van der Waals surface area contributed by atoms with Crippen LogP contribution >= 0.6 is 0 Å². The van der Waals surface area contributed by atoms with Gasteiger partial charge in [-0.3, -0.25) is 4.98 Å². The molecule has 0 aliphatic rings. The molecule has 3 heterocycles. The van der Waals surface area contributed by atoms with Crippen molar-refractivity contribution in [1.29, 1.82) is 0 Å². The van der Waals surface area contributed by atoms with Crippen LogP contribution in [0.25, 0.3) is 11.0 Å². The molecular formula is C17H22N6O. The molecule has 0 bridgehead atoms. The quantitative estimate of drug-likeness (QED) is 0.614. The van der Waals surface area contributed by atoms with Gasteiger partial charge in [-0.2, -0.15) is 4.98 Å². The lowest BCUT2D eigenvalue weighted by molar-refractivity contribution is 0.268. The SMILES string of the molecule is CCC[C@@H](CO)Nc1nc(N)nc2ccn(Cc3ccccn3)c12. The molecule has 126 valence electrons. The van der Waals surface area contributed by atoms with E-state index in [0.29, 0.717) is 12.4 Å². The maximum atomic E-state index is 9.56. The number of hydrogen-bond donors (Lipinski definition) is 3. The highest BCUT2D eigenvalue weighted by Crippen LogP contribution is 2.24. The lowest BCUT2D eigenvalue weighted by Crippen LogP contribution is -2.24. The fourth-order valence-electron chi connectivity index (χ4n) is 2.77. The molecule has 0 aliphatic carbocycles. The van der Waals surface area contributed by atoms with Crippen molar-refractivity contribution >= 4 is 22.8 Å². The number of nitrogens with one attached hydrogen (secondary N) is 1. The zero-order valence-electron chi connectivity index (χ0n) is 13.7. The Morgan fingerprint density at radius 1 is 1.29 bits per heavy atom. The van der Waals surface area contributed by atoms with Crippen molar-refractivity contribution in [2.75, 3.05) is 17.7 Å². The number of pyridine rings is 1. The predicted molar refractivity (Wildman–Crippen MR) is 94.7 cm³/mol. The molecule has 3 aromatic rings. The highest BCUT2D eigenvalue weighted by molar-refractivity contribution is 5.87. The number of hydrogen-bond acceptors (Lipinski definition) is 6.